The van der Waals surface area contributed by atoms with Crippen molar-refractivity contribution < 1.29 is 14.3 Å². The molecule has 0 saturated carbocycles. The van der Waals surface area contributed by atoms with Crippen LogP contribution < -0.4 is 20.1 Å². The lowest BCUT2D eigenvalue weighted by molar-refractivity contribution is 0.247. The predicted octanol–water partition coefficient (Wildman–Crippen LogP) is 3.82. The molecule has 5 nitrogen and oxygen atoms in total. The molecule has 0 unspecified atom stereocenters. The molecule has 128 valence electrons. The lowest BCUT2D eigenvalue weighted by Crippen LogP contribution is -2.32. The van der Waals surface area contributed by atoms with Crippen molar-refractivity contribution in [1.29, 1.82) is 0 Å². The molecule has 5 heteroatoms. The zero-order valence-electron chi connectivity index (χ0n) is 14.6. The third-order valence-electron chi connectivity index (χ3n) is 3.61. The van der Waals surface area contributed by atoms with Crippen LogP contribution in [0.25, 0.3) is 0 Å². The predicted molar refractivity (Wildman–Crippen MR) is 96.2 cm³/mol. The largest absolute Gasteiger partial charge is 0.497 e. The van der Waals surface area contributed by atoms with Crippen LogP contribution in [-0.4, -0.2) is 26.3 Å². The number of carbonyl (C=O) groups is 1. The minimum absolute atomic E-state index is 0.237. The molecular formula is C19H24N2O3. The van der Waals surface area contributed by atoms with E-state index in [1.807, 2.05) is 39.0 Å². The van der Waals surface area contributed by atoms with E-state index in [4.69, 9.17) is 9.47 Å². The van der Waals surface area contributed by atoms with Crippen molar-refractivity contribution in [3.8, 4) is 11.5 Å². The van der Waals surface area contributed by atoms with Crippen LogP contribution in [0.3, 0.4) is 0 Å². The summed E-state index contributed by atoms with van der Waals surface area (Å²) in [5.41, 5.74) is 4.14. The minimum atomic E-state index is -0.237. The molecule has 0 heterocycles. The van der Waals surface area contributed by atoms with Crippen LogP contribution in [0, 0.1) is 20.8 Å². The summed E-state index contributed by atoms with van der Waals surface area (Å²) in [6, 6.07) is 11.2. The first-order chi connectivity index (χ1) is 11.5. The van der Waals surface area contributed by atoms with Gasteiger partial charge in [0.05, 0.1) is 13.7 Å². The van der Waals surface area contributed by atoms with Gasteiger partial charge in [0.25, 0.3) is 0 Å². The van der Waals surface area contributed by atoms with Gasteiger partial charge in [-0.05, 0) is 44.0 Å². The highest BCUT2D eigenvalue weighted by Gasteiger charge is 2.07. The van der Waals surface area contributed by atoms with Crippen LogP contribution in [0.1, 0.15) is 16.7 Å². The summed E-state index contributed by atoms with van der Waals surface area (Å²) < 4.78 is 10.7. The Labute approximate surface area is 143 Å². The molecule has 2 aromatic carbocycles. The molecule has 0 aliphatic heterocycles. The fraction of sp³-hybridized carbons (Fsp3) is 0.316. The van der Waals surface area contributed by atoms with Gasteiger partial charge < -0.3 is 20.1 Å². The Hall–Kier alpha value is -2.69. The fourth-order valence-corrected chi connectivity index (χ4v) is 2.56. The minimum Gasteiger partial charge on any atom is -0.497 e. The Bertz CT molecular complexity index is 691. The molecule has 2 N–H and O–H groups in total. The molecule has 24 heavy (non-hydrogen) atoms. The van der Waals surface area contributed by atoms with Gasteiger partial charge in [0, 0.05) is 11.8 Å². The van der Waals surface area contributed by atoms with E-state index in [0.29, 0.717) is 18.9 Å². The van der Waals surface area contributed by atoms with Gasteiger partial charge in [0.2, 0.25) is 0 Å². The molecule has 2 amide bonds. The van der Waals surface area contributed by atoms with Crippen LogP contribution >= 0.6 is 0 Å². The van der Waals surface area contributed by atoms with E-state index in [0.717, 1.165) is 22.6 Å². The molecule has 0 atom stereocenters. The van der Waals surface area contributed by atoms with Crippen molar-refractivity contribution in [1.82, 2.24) is 5.32 Å². The number of anilines is 1. The molecule has 0 aliphatic carbocycles. The molecule has 0 fully saturated rings. The zero-order chi connectivity index (χ0) is 17.5. The van der Waals surface area contributed by atoms with Gasteiger partial charge in [0.15, 0.2) is 0 Å². The number of methoxy groups -OCH3 is 1. The summed E-state index contributed by atoms with van der Waals surface area (Å²) in [6.45, 7) is 6.81. The van der Waals surface area contributed by atoms with Gasteiger partial charge in [-0.3, -0.25) is 0 Å². The summed E-state index contributed by atoms with van der Waals surface area (Å²) in [7, 11) is 1.61. The maximum atomic E-state index is 12.0. The van der Waals surface area contributed by atoms with Gasteiger partial charge >= 0.3 is 6.03 Å². The highest BCUT2D eigenvalue weighted by atomic mass is 16.5. The van der Waals surface area contributed by atoms with Crippen LogP contribution in [0.2, 0.25) is 0 Å². The molecule has 0 spiro atoms. The van der Waals surface area contributed by atoms with E-state index in [9.17, 15) is 4.79 Å². The number of hydrogen-bond acceptors (Lipinski definition) is 3. The van der Waals surface area contributed by atoms with Crippen molar-refractivity contribution in [2.45, 2.75) is 20.8 Å². The van der Waals surface area contributed by atoms with Crippen molar-refractivity contribution in [3.63, 3.8) is 0 Å². The number of rotatable bonds is 6. The van der Waals surface area contributed by atoms with Crippen LogP contribution in [0.5, 0.6) is 11.5 Å². The number of urea groups is 1. The lowest BCUT2D eigenvalue weighted by Gasteiger charge is -2.14. The highest BCUT2D eigenvalue weighted by Crippen LogP contribution is 2.21. The van der Waals surface area contributed by atoms with Crippen LogP contribution in [-0.2, 0) is 0 Å². The SMILES string of the molecule is COc1cccc(OCCNC(=O)Nc2c(C)cc(C)cc2C)c1. The van der Waals surface area contributed by atoms with Gasteiger partial charge in [0.1, 0.15) is 18.1 Å². The van der Waals surface area contributed by atoms with E-state index >= 15 is 0 Å². The van der Waals surface area contributed by atoms with E-state index in [-0.39, 0.29) is 6.03 Å². The van der Waals surface area contributed by atoms with Crippen molar-refractivity contribution in [2.24, 2.45) is 0 Å². The molecule has 0 saturated heterocycles. The summed E-state index contributed by atoms with van der Waals surface area (Å²) in [5, 5.41) is 5.69. The Balaban J connectivity index is 1.79. The molecular weight excluding hydrogens is 304 g/mol. The zero-order valence-corrected chi connectivity index (χ0v) is 14.6. The molecule has 0 aliphatic rings. The molecule has 0 aromatic heterocycles. The number of aryl methyl sites for hydroxylation is 3. The third kappa shape index (κ3) is 4.91. The average Bonchev–Trinajstić information content (AvgIpc) is 2.55. The first kappa shape index (κ1) is 17.7. The first-order valence-corrected chi connectivity index (χ1v) is 7.89. The quantitative estimate of drug-likeness (QED) is 0.793. The fourth-order valence-electron chi connectivity index (χ4n) is 2.56. The monoisotopic (exact) mass is 328 g/mol. The second-order valence-corrected chi connectivity index (χ2v) is 5.68. The van der Waals surface area contributed by atoms with Crippen LogP contribution in [0.15, 0.2) is 36.4 Å². The lowest BCUT2D eigenvalue weighted by atomic mass is 10.1. The van der Waals surface area contributed by atoms with Crippen molar-refractivity contribution in [3.05, 3.63) is 53.1 Å². The van der Waals surface area contributed by atoms with Gasteiger partial charge in [-0.15, -0.1) is 0 Å². The average molecular weight is 328 g/mol. The maximum absolute atomic E-state index is 12.0. The number of carbonyl (C=O) groups excluding carboxylic acids is 1. The normalized spacial score (nSPS) is 10.2. The Morgan fingerprint density at radius 2 is 1.71 bits per heavy atom. The maximum Gasteiger partial charge on any atom is 0.319 e. The van der Waals surface area contributed by atoms with Crippen molar-refractivity contribution in [2.75, 3.05) is 25.6 Å². The number of nitrogens with one attached hydrogen (secondary N) is 2. The van der Waals surface area contributed by atoms with E-state index in [1.165, 1.54) is 5.56 Å². The number of hydrogen-bond donors (Lipinski definition) is 2. The molecule has 0 bridgehead atoms. The summed E-state index contributed by atoms with van der Waals surface area (Å²) in [4.78, 5) is 12.0. The highest BCUT2D eigenvalue weighted by molar-refractivity contribution is 5.91. The Kier molecular flexibility index (Phi) is 6.07. The second kappa shape index (κ2) is 8.24. The third-order valence-corrected chi connectivity index (χ3v) is 3.61. The molecule has 2 rings (SSSR count). The Morgan fingerprint density at radius 1 is 1.04 bits per heavy atom. The molecule has 0 radical (unpaired) electrons. The standard InChI is InChI=1S/C19H24N2O3/c1-13-10-14(2)18(15(3)11-13)21-19(22)20-8-9-24-17-7-5-6-16(12-17)23-4/h5-7,10-12H,8-9H2,1-4H3,(H2,20,21,22). The second-order valence-electron chi connectivity index (χ2n) is 5.68. The Morgan fingerprint density at radius 3 is 2.38 bits per heavy atom. The first-order valence-electron chi connectivity index (χ1n) is 7.89. The van der Waals surface area contributed by atoms with E-state index in [1.54, 1.807) is 13.2 Å². The number of amides is 2. The van der Waals surface area contributed by atoms with E-state index in [2.05, 4.69) is 22.8 Å². The summed E-state index contributed by atoms with van der Waals surface area (Å²) >= 11 is 0. The van der Waals surface area contributed by atoms with E-state index < -0.39 is 0 Å². The molecule has 2 aromatic rings. The van der Waals surface area contributed by atoms with Crippen LogP contribution in [0.4, 0.5) is 10.5 Å². The number of ether oxygens (including phenoxy) is 2. The topological polar surface area (TPSA) is 59.6 Å². The van der Waals surface area contributed by atoms with Gasteiger partial charge in [-0.1, -0.05) is 23.8 Å². The number of benzene rings is 2. The van der Waals surface area contributed by atoms with Gasteiger partial charge in [-0.2, -0.15) is 0 Å². The summed E-state index contributed by atoms with van der Waals surface area (Å²) in [5.74, 6) is 1.45. The van der Waals surface area contributed by atoms with Crippen molar-refractivity contribution >= 4 is 11.7 Å². The van der Waals surface area contributed by atoms with Gasteiger partial charge in [-0.25, -0.2) is 4.79 Å². The summed E-state index contributed by atoms with van der Waals surface area (Å²) in [6.07, 6.45) is 0. The smallest absolute Gasteiger partial charge is 0.319 e.